The molecule has 0 aromatic heterocycles. The molecule has 22 heavy (non-hydrogen) atoms. The summed E-state index contributed by atoms with van der Waals surface area (Å²) in [6, 6.07) is 8.04. The van der Waals surface area contributed by atoms with Crippen LogP contribution in [0.25, 0.3) is 0 Å². The van der Waals surface area contributed by atoms with Crippen LogP contribution in [-0.4, -0.2) is 24.3 Å². The van der Waals surface area contributed by atoms with Crippen molar-refractivity contribution < 1.29 is 9.59 Å². The van der Waals surface area contributed by atoms with Gasteiger partial charge in [0, 0.05) is 12.5 Å². The maximum Gasteiger partial charge on any atom is 0.276 e. The fraction of sp³-hybridized carbons (Fsp3) is 0.312. The third-order valence-corrected chi connectivity index (χ3v) is 4.63. The number of amides is 2. The highest BCUT2D eigenvalue weighted by atomic mass is 16.2. The Labute approximate surface area is 127 Å². The Morgan fingerprint density at radius 1 is 1.23 bits per heavy atom. The number of benzene rings is 1. The Morgan fingerprint density at radius 2 is 2.05 bits per heavy atom. The van der Waals surface area contributed by atoms with Crippen LogP contribution in [0.2, 0.25) is 0 Å². The molecular formula is C16H16N4O2. The maximum atomic E-state index is 12.4. The van der Waals surface area contributed by atoms with Crippen molar-refractivity contribution in [1.82, 2.24) is 10.6 Å². The lowest BCUT2D eigenvalue weighted by molar-refractivity contribution is -0.124. The molecular weight excluding hydrogens is 280 g/mol. The normalized spacial score (nSPS) is 30.1. The van der Waals surface area contributed by atoms with E-state index in [0.717, 1.165) is 11.1 Å². The minimum atomic E-state index is -0.273. The van der Waals surface area contributed by atoms with Crippen LogP contribution >= 0.6 is 0 Å². The van der Waals surface area contributed by atoms with Crippen LogP contribution in [0, 0.1) is 5.92 Å². The van der Waals surface area contributed by atoms with E-state index < -0.39 is 0 Å². The summed E-state index contributed by atoms with van der Waals surface area (Å²) in [5.74, 6) is -0.364. The first kappa shape index (κ1) is 13.1. The number of carbonyl (C=O) groups is 2. The third-order valence-electron chi connectivity index (χ3n) is 4.63. The highest BCUT2D eigenvalue weighted by Crippen LogP contribution is 2.46. The Morgan fingerprint density at radius 3 is 2.82 bits per heavy atom. The van der Waals surface area contributed by atoms with Crippen LogP contribution in [-0.2, 0) is 16.0 Å². The van der Waals surface area contributed by atoms with E-state index in [4.69, 9.17) is 5.73 Å². The highest BCUT2D eigenvalue weighted by molar-refractivity contribution is 6.11. The topological polar surface area (TPSA) is 96.6 Å². The van der Waals surface area contributed by atoms with Crippen molar-refractivity contribution in [2.24, 2.45) is 16.6 Å². The van der Waals surface area contributed by atoms with Gasteiger partial charge in [0.2, 0.25) is 11.9 Å². The molecule has 6 heteroatoms. The van der Waals surface area contributed by atoms with Crippen molar-refractivity contribution in [1.29, 1.82) is 0 Å². The molecule has 2 aliphatic heterocycles. The van der Waals surface area contributed by atoms with Gasteiger partial charge in [0.1, 0.15) is 5.70 Å². The molecule has 2 atom stereocenters. The first-order valence-electron chi connectivity index (χ1n) is 7.39. The molecule has 1 fully saturated rings. The van der Waals surface area contributed by atoms with Gasteiger partial charge < -0.3 is 11.1 Å². The highest BCUT2D eigenvalue weighted by Gasteiger charge is 2.42. The first-order chi connectivity index (χ1) is 10.6. The van der Waals surface area contributed by atoms with E-state index in [0.29, 0.717) is 25.1 Å². The van der Waals surface area contributed by atoms with Crippen molar-refractivity contribution in [2.75, 3.05) is 6.54 Å². The van der Waals surface area contributed by atoms with E-state index in [1.165, 1.54) is 5.56 Å². The summed E-state index contributed by atoms with van der Waals surface area (Å²) in [5.41, 5.74) is 9.20. The SMILES string of the molecule is NC1=N/C(=C2/CCNC(=O)C3Cc4ccccc4C23)C(=O)N1. The van der Waals surface area contributed by atoms with Gasteiger partial charge in [0.05, 0.1) is 5.92 Å². The lowest BCUT2D eigenvalue weighted by Crippen LogP contribution is -2.31. The second-order valence-electron chi connectivity index (χ2n) is 5.85. The maximum absolute atomic E-state index is 12.4. The summed E-state index contributed by atoms with van der Waals surface area (Å²) in [4.78, 5) is 28.7. The molecule has 0 radical (unpaired) electrons. The predicted molar refractivity (Wildman–Crippen MR) is 80.8 cm³/mol. The smallest absolute Gasteiger partial charge is 0.276 e. The van der Waals surface area contributed by atoms with Crippen molar-refractivity contribution >= 4 is 17.8 Å². The van der Waals surface area contributed by atoms with Gasteiger partial charge in [-0.15, -0.1) is 0 Å². The minimum Gasteiger partial charge on any atom is -0.369 e. The Balaban J connectivity index is 1.90. The zero-order valence-corrected chi connectivity index (χ0v) is 11.9. The minimum absolute atomic E-state index is 0.0483. The van der Waals surface area contributed by atoms with Gasteiger partial charge in [-0.25, -0.2) is 4.99 Å². The van der Waals surface area contributed by atoms with Crippen molar-refractivity contribution in [3.63, 3.8) is 0 Å². The number of fused-ring (bicyclic) bond motifs is 3. The van der Waals surface area contributed by atoms with E-state index >= 15 is 0 Å². The van der Waals surface area contributed by atoms with Crippen LogP contribution < -0.4 is 16.4 Å². The van der Waals surface area contributed by atoms with Gasteiger partial charge in [-0.05, 0) is 29.5 Å². The Kier molecular flexibility index (Phi) is 2.79. The standard InChI is InChI=1S/C16H16N4O2/c17-16-19-13(15(22)20-16)10-5-6-18-14(21)11-7-8-3-1-2-4-9(8)12(10)11/h1-4,11-12H,5-7H2,(H,18,21)(H3,17,19,20,22)/b13-10-. The fourth-order valence-corrected chi connectivity index (χ4v) is 3.73. The summed E-state index contributed by atoms with van der Waals surface area (Å²) in [5, 5.41) is 5.47. The zero-order valence-electron chi connectivity index (χ0n) is 11.9. The summed E-state index contributed by atoms with van der Waals surface area (Å²) >= 11 is 0. The number of rotatable bonds is 0. The number of guanidine groups is 1. The molecule has 4 N–H and O–H groups in total. The molecule has 6 nitrogen and oxygen atoms in total. The summed E-state index contributed by atoms with van der Waals surface area (Å²) < 4.78 is 0. The largest absolute Gasteiger partial charge is 0.369 e. The van der Waals surface area contributed by atoms with E-state index in [1.54, 1.807) is 0 Å². The van der Waals surface area contributed by atoms with Gasteiger partial charge in [-0.2, -0.15) is 0 Å². The average Bonchev–Trinajstić information content (AvgIpc) is 2.99. The fourth-order valence-electron chi connectivity index (χ4n) is 3.73. The monoisotopic (exact) mass is 296 g/mol. The van der Waals surface area contributed by atoms with Gasteiger partial charge >= 0.3 is 0 Å². The molecule has 112 valence electrons. The molecule has 2 unspecified atom stereocenters. The summed E-state index contributed by atoms with van der Waals surface area (Å²) in [6.45, 7) is 0.523. The molecule has 1 aliphatic carbocycles. The summed E-state index contributed by atoms with van der Waals surface area (Å²) in [6.07, 6.45) is 1.31. The Bertz CT molecular complexity index is 750. The molecule has 3 aliphatic rings. The Hall–Kier alpha value is -2.63. The molecule has 1 saturated heterocycles. The van der Waals surface area contributed by atoms with Gasteiger partial charge in [0.15, 0.2) is 0 Å². The molecule has 2 amide bonds. The second-order valence-corrected chi connectivity index (χ2v) is 5.85. The molecule has 2 heterocycles. The van der Waals surface area contributed by atoms with E-state index in [1.807, 2.05) is 24.3 Å². The van der Waals surface area contributed by atoms with Gasteiger partial charge in [0.25, 0.3) is 5.91 Å². The van der Waals surface area contributed by atoms with E-state index in [2.05, 4.69) is 15.6 Å². The number of nitrogens with zero attached hydrogens (tertiary/aromatic N) is 1. The zero-order chi connectivity index (χ0) is 15.3. The second kappa shape index (κ2) is 4.69. The molecule has 0 spiro atoms. The summed E-state index contributed by atoms with van der Waals surface area (Å²) in [7, 11) is 0. The van der Waals surface area contributed by atoms with Crippen LogP contribution in [0.4, 0.5) is 0 Å². The molecule has 1 aromatic carbocycles. The lowest BCUT2D eigenvalue weighted by atomic mass is 9.83. The molecule has 1 aromatic rings. The average molecular weight is 296 g/mol. The van der Waals surface area contributed by atoms with Crippen molar-refractivity contribution in [3.8, 4) is 0 Å². The lowest BCUT2D eigenvalue weighted by Gasteiger charge is -2.19. The van der Waals surface area contributed by atoms with Crippen LogP contribution in [0.15, 0.2) is 40.5 Å². The van der Waals surface area contributed by atoms with E-state index in [9.17, 15) is 9.59 Å². The number of carbonyl (C=O) groups excluding carboxylic acids is 2. The van der Waals surface area contributed by atoms with Crippen LogP contribution in [0.5, 0.6) is 0 Å². The first-order valence-corrected chi connectivity index (χ1v) is 7.39. The van der Waals surface area contributed by atoms with Crippen molar-refractivity contribution in [3.05, 3.63) is 46.7 Å². The number of hydrogen-bond acceptors (Lipinski definition) is 4. The number of aliphatic imine (C=N–C) groups is 1. The van der Waals surface area contributed by atoms with Crippen molar-refractivity contribution in [2.45, 2.75) is 18.8 Å². The number of nitrogens with one attached hydrogen (secondary N) is 2. The third kappa shape index (κ3) is 1.83. The van der Waals surface area contributed by atoms with Crippen LogP contribution in [0.3, 0.4) is 0 Å². The van der Waals surface area contributed by atoms with Gasteiger partial charge in [-0.1, -0.05) is 24.3 Å². The number of nitrogens with two attached hydrogens (primary N) is 1. The quantitative estimate of drug-likeness (QED) is 0.595. The molecule has 0 saturated carbocycles. The molecule has 0 bridgehead atoms. The van der Waals surface area contributed by atoms with Gasteiger partial charge in [-0.3, -0.25) is 14.9 Å². The predicted octanol–water partition coefficient (Wildman–Crippen LogP) is 0.161. The van der Waals surface area contributed by atoms with E-state index in [-0.39, 0.29) is 29.6 Å². The number of hydrogen-bond donors (Lipinski definition) is 3. The molecule has 4 rings (SSSR count). The van der Waals surface area contributed by atoms with Crippen LogP contribution in [0.1, 0.15) is 23.5 Å².